The minimum atomic E-state index is 0.0588. The van der Waals surface area contributed by atoms with Gasteiger partial charge in [0.2, 0.25) is 0 Å². The highest BCUT2D eigenvalue weighted by Crippen LogP contribution is 2.29. The van der Waals surface area contributed by atoms with E-state index < -0.39 is 0 Å². The van der Waals surface area contributed by atoms with Gasteiger partial charge >= 0.3 is 0 Å². The lowest BCUT2D eigenvalue weighted by Gasteiger charge is -2.15. The van der Waals surface area contributed by atoms with E-state index in [2.05, 4.69) is 64.0 Å². The number of rotatable bonds is 4. The Morgan fingerprint density at radius 3 is 2.47 bits per heavy atom. The van der Waals surface area contributed by atoms with Crippen LogP contribution in [0.1, 0.15) is 29.7 Å². The van der Waals surface area contributed by atoms with Crippen LogP contribution in [0.2, 0.25) is 0 Å². The number of hydrazine groups is 1. The van der Waals surface area contributed by atoms with E-state index in [0.29, 0.717) is 0 Å². The van der Waals surface area contributed by atoms with Crippen molar-refractivity contribution in [3.8, 4) is 0 Å². The molecule has 1 aromatic carbocycles. The zero-order chi connectivity index (χ0) is 12.3. The minimum absolute atomic E-state index is 0.0588. The normalized spacial score (nSPS) is 12.6. The Hall–Kier alpha value is -0.680. The summed E-state index contributed by atoms with van der Waals surface area (Å²) < 4.78 is 1.12. The Balaban J connectivity index is 2.28. The van der Waals surface area contributed by atoms with Gasteiger partial charge in [-0.05, 0) is 50.5 Å². The van der Waals surface area contributed by atoms with Crippen molar-refractivity contribution < 1.29 is 0 Å². The van der Waals surface area contributed by atoms with Gasteiger partial charge in [0.05, 0.1) is 9.83 Å². The van der Waals surface area contributed by atoms with Crippen molar-refractivity contribution in [1.82, 2.24) is 5.43 Å². The van der Waals surface area contributed by atoms with Gasteiger partial charge in [-0.2, -0.15) is 0 Å². The summed E-state index contributed by atoms with van der Waals surface area (Å²) in [6, 6.07) is 10.7. The molecule has 17 heavy (non-hydrogen) atoms. The molecule has 1 aromatic heterocycles. The third-order valence-electron chi connectivity index (χ3n) is 2.81. The molecular formula is C13H15BrN2S. The van der Waals surface area contributed by atoms with Gasteiger partial charge in [-0.3, -0.25) is 5.84 Å². The maximum atomic E-state index is 5.66. The summed E-state index contributed by atoms with van der Waals surface area (Å²) in [5.74, 6) is 5.66. The second kappa shape index (κ2) is 5.78. The highest BCUT2D eigenvalue weighted by molar-refractivity contribution is 9.11. The molecule has 2 aromatic rings. The van der Waals surface area contributed by atoms with Crippen LogP contribution in [-0.4, -0.2) is 0 Å². The molecule has 0 radical (unpaired) electrons. The van der Waals surface area contributed by atoms with E-state index in [1.807, 2.05) is 0 Å². The van der Waals surface area contributed by atoms with Crippen LogP contribution >= 0.6 is 27.3 Å². The molecule has 0 saturated heterocycles. The van der Waals surface area contributed by atoms with Crippen molar-refractivity contribution >= 4 is 27.3 Å². The monoisotopic (exact) mass is 310 g/mol. The molecule has 0 aliphatic heterocycles. The summed E-state index contributed by atoms with van der Waals surface area (Å²) in [6.07, 6.45) is 1.06. The smallest absolute Gasteiger partial charge is 0.0718 e. The van der Waals surface area contributed by atoms with Crippen LogP contribution in [0.25, 0.3) is 0 Å². The quantitative estimate of drug-likeness (QED) is 0.668. The molecule has 1 heterocycles. The summed E-state index contributed by atoms with van der Waals surface area (Å²) in [4.78, 5) is 0. The maximum absolute atomic E-state index is 5.66. The van der Waals surface area contributed by atoms with Crippen LogP contribution in [0.4, 0.5) is 0 Å². The molecule has 0 aliphatic rings. The standard InChI is InChI=1S/C13H15BrN2S/c1-2-9-3-5-10(6-4-9)13(16-15)11-7-12(14)17-8-11/h3-8,13,16H,2,15H2,1H3. The van der Waals surface area contributed by atoms with Crippen LogP contribution < -0.4 is 11.3 Å². The molecule has 0 amide bonds. The van der Waals surface area contributed by atoms with Crippen LogP contribution in [0.3, 0.4) is 0 Å². The molecule has 2 nitrogen and oxygen atoms in total. The Labute approximate surface area is 114 Å². The number of halogens is 1. The number of nitrogens with one attached hydrogen (secondary N) is 1. The summed E-state index contributed by atoms with van der Waals surface area (Å²) in [7, 11) is 0. The number of aryl methyl sites for hydroxylation is 1. The van der Waals surface area contributed by atoms with Crippen LogP contribution in [0, 0.1) is 0 Å². The van der Waals surface area contributed by atoms with E-state index >= 15 is 0 Å². The van der Waals surface area contributed by atoms with Crippen molar-refractivity contribution in [3.05, 3.63) is 56.2 Å². The lowest BCUT2D eigenvalue weighted by Crippen LogP contribution is -2.28. The number of hydrogen-bond acceptors (Lipinski definition) is 3. The lowest BCUT2D eigenvalue weighted by atomic mass is 10.00. The van der Waals surface area contributed by atoms with Gasteiger partial charge in [-0.1, -0.05) is 31.2 Å². The van der Waals surface area contributed by atoms with Crippen molar-refractivity contribution in [3.63, 3.8) is 0 Å². The number of benzene rings is 1. The van der Waals surface area contributed by atoms with Gasteiger partial charge in [-0.15, -0.1) is 11.3 Å². The molecule has 0 aliphatic carbocycles. The molecule has 0 bridgehead atoms. The minimum Gasteiger partial charge on any atom is -0.271 e. The van der Waals surface area contributed by atoms with Crippen molar-refractivity contribution in [2.24, 2.45) is 5.84 Å². The molecule has 3 N–H and O–H groups in total. The molecule has 0 fully saturated rings. The van der Waals surface area contributed by atoms with E-state index in [9.17, 15) is 0 Å². The summed E-state index contributed by atoms with van der Waals surface area (Å²) in [6.45, 7) is 2.16. The van der Waals surface area contributed by atoms with Crippen molar-refractivity contribution in [2.75, 3.05) is 0 Å². The first kappa shape index (κ1) is 12.8. The van der Waals surface area contributed by atoms with E-state index in [1.54, 1.807) is 11.3 Å². The van der Waals surface area contributed by atoms with Crippen LogP contribution in [-0.2, 0) is 6.42 Å². The van der Waals surface area contributed by atoms with Crippen molar-refractivity contribution in [1.29, 1.82) is 0 Å². The zero-order valence-electron chi connectivity index (χ0n) is 9.61. The predicted molar refractivity (Wildman–Crippen MR) is 77.0 cm³/mol. The Morgan fingerprint density at radius 1 is 1.29 bits per heavy atom. The van der Waals surface area contributed by atoms with Gasteiger partial charge in [0.1, 0.15) is 0 Å². The second-order valence-electron chi connectivity index (χ2n) is 3.88. The molecular weight excluding hydrogens is 296 g/mol. The fourth-order valence-electron chi connectivity index (χ4n) is 1.81. The highest BCUT2D eigenvalue weighted by atomic mass is 79.9. The molecule has 90 valence electrons. The maximum Gasteiger partial charge on any atom is 0.0718 e. The molecule has 4 heteroatoms. The largest absolute Gasteiger partial charge is 0.271 e. The Morgan fingerprint density at radius 2 is 2.00 bits per heavy atom. The Bertz CT molecular complexity index is 478. The average molecular weight is 311 g/mol. The summed E-state index contributed by atoms with van der Waals surface area (Å²) >= 11 is 5.15. The molecule has 0 saturated carbocycles. The number of thiophene rings is 1. The van der Waals surface area contributed by atoms with Gasteiger partial charge in [0.15, 0.2) is 0 Å². The van der Waals surface area contributed by atoms with Gasteiger partial charge < -0.3 is 0 Å². The van der Waals surface area contributed by atoms with E-state index in [0.717, 1.165) is 10.2 Å². The number of hydrogen-bond donors (Lipinski definition) is 2. The lowest BCUT2D eigenvalue weighted by molar-refractivity contribution is 0.638. The van der Waals surface area contributed by atoms with Crippen LogP contribution in [0.15, 0.2) is 39.5 Å². The fourth-order valence-corrected chi connectivity index (χ4v) is 3.01. The van der Waals surface area contributed by atoms with Gasteiger partial charge in [0.25, 0.3) is 0 Å². The third kappa shape index (κ3) is 2.96. The third-order valence-corrected chi connectivity index (χ3v) is 4.33. The molecule has 2 rings (SSSR count). The molecule has 1 atom stereocenters. The molecule has 1 unspecified atom stereocenters. The Kier molecular flexibility index (Phi) is 4.34. The SMILES string of the molecule is CCc1ccc(C(NN)c2csc(Br)c2)cc1. The zero-order valence-corrected chi connectivity index (χ0v) is 12.0. The fraction of sp³-hybridized carbons (Fsp3) is 0.231. The average Bonchev–Trinajstić information content (AvgIpc) is 2.78. The van der Waals surface area contributed by atoms with Crippen molar-refractivity contribution in [2.45, 2.75) is 19.4 Å². The van der Waals surface area contributed by atoms with E-state index in [1.165, 1.54) is 16.7 Å². The first-order chi connectivity index (χ1) is 8.24. The predicted octanol–water partition coefficient (Wildman–Crippen LogP) is 3.63. The molecule has 0 spiro atoms. The van der Waals surface area contributed by atoms with Crippen LogP contribution in [0.5, 0.6) is 0 Å². The second-order valence-corrected chi connectivity index (χ2v) is 6.17. The highest BCUT2D eigenvalue weighted by Gasteiger charge is 2.13. The number of nitrogens with two attached hydrogens (primary N) is 1. The van der Waals surface area contributed by atoms with Gasteiger partial charge in [-0.25, -0.2) is 5.43 Å². The topological polar surface area (TPSA) is 38.0 Å². The summed E-state index contributed by atoms with van der Waals surface area (Å²) in [5, 5.41) is 2.11. The first-order valence-electron chi connectivity index (χ1n) is 5.53. The van der Waals surface area contributed by atoms with E-state index in [4.69, 9.17) is 5.84 Å². The first-order valence-corrected chi connectivity index (χ1v) is 7.20. The summed E-state index contributed by atoms with van der Waals surface area (Å²) in [5.41, 5.74) is 6.59. The van der Waals surface area contributed by atoms with E-state index in [-0.39, 0.29) is 6.04 Å². The van der Waals surface area contributed by atoms with Gasteiger partial charge in [0, 0.05) is 0 Å².